The van der Waals surface area contributed by atoms with E-state index in [-0.39, 0.29) is 12.1 Å². The number of fused-ring (bicyclic) bond motifs is 1. The largest absolute Gasteiger partial charge is 0.322 e. The molecule has 3 heteroatoms. The molecule has 130 valence electrons. The van der Waals surface area contributed by atoms with Gasteiger partial charge in [0.15, 0.2) is 0 Å². The standard InChI is InChI=1S/C21H30N2O/c1-14(2)23(20(24)22-18-10-6-15(3)7-11-18)13-16-8-9-17-12-19(16)21(17,4)5/h6-8,10-11,14,17,19H,9,12-13H2,1-5H3,(H,22,24). The summed E-state index contributed by atoms with van der Waals surface area (Å²) in [7, 11) is 0. The summed E-state index contributed by atoms with van der Waals surface area (Å²) >= 11 is 0. The first kappa shape index (κ1) is 17.1. The van der Waals surface area contributed by atoms with Crippen LogP contribution in [-0.2, 0) is 0 Å². The number of hydrogen-bond donors (Lipinski definition) is 1. The van der Waals surface area contributed by atoms with Crippen LogP contribution in [0.25, 0.3) is 0 Å². The molecule has 2 amide bonds. The lowest BCUT2D eigenvalue weighted by Crippen LogP contribution is -2.51. The lowest BCUT2D eigenvalue weighted by Gasteiger charge is -2.57. The number of hydrogen-bond acceptors (Lipinski definition) is 1. The summed E-state index contributed by atoms with van der Waals surface area (Å²) in [5.74, 6) is 1.48. The Morgan fingerprint density at radius 1 is 1.29 bits per heavy atom. The first-order valence-corrected chi connectivity index (χ1v) is 9.12. The Labute approximate surface area is 146 Å². The van der Waals surface area contributed by atoms with E-state index in [1.165, 1.54) is 24.0 Å². The molecule has 3 nitrogen and oxygen atoms in total. The van der Waals surface area contributed by atoms with Crippen LogP contribution in [0.3, 0.4) is 0 Å². The molecule has 4 rings (SSSR count). The van der Waals surface area contributed by atoms with Crippen LogP contribution in [0.4, 0.5) is 10.5 Å². The molecule has 1 saturated carbocycles. The molecule has 1 fully saturated rings. The molecule has 2 atom stereocenters. The number of urea groups is 1. The number of benzene rings is 1. The summed E-state index contributed by atoms with van der Waals surface area (Å²) in [6.07, 6.45) is 4.85. The monoisotopic (exact) mass is 326 g/mol. The normalized spacial score (nSPS) is 24.2. The van der Waals surface area contributed by atoms with Crippen molar-refractivity contribution in [2.75, 3.05) is 11.9 Å². The summed E-state index contributed by atoms with van der Waals surface area (Å²) in [6, 6.07) is 8.15. The van der Waals surface area contributed by atoms with Crippen LogP contribution in [0.15, 0.2) is 35.9 Å². The number of nitrogens with zero attached hydrogens (tertiary/aromatic N) is 1. The molecule has 24 heavy (non-hydrogen) atoms. The second kappa shape index (κ2) is 6.27. The molecule has 1 aromatic rings. The van der Waals surface area contributed by atoms with Crippen LogP contribution >= 0.6 is 0 Å². The average Bonchev–Trinajstić information content (AvgIpc) is 2.54. The Morgan fingerprint density at radius 3 is 2.50 bits per heavy atom. The van der Waals surface area contributed by atoms with Crippen molar-refractivity contribution in [3.63, 3.8) is 0 Å². The minimum absolute atomic E-state index is 0.00555. The van der Waals surface area contributed by atoms with Crippen molar-refractivity contribution < 1.29 is 4.79 Å². The lowest BCUT2D eigenvalue weighted by atomic mass is 9.49. The van der Waals surface area contributed by atoms with E-state index in [0.29, 0.717) is 11.3 Å². The number of carbonyl (C=O) groups is 1. The number of amides is 2. The zero-order valence-electron chi connectivity index (χ0n) is 15.6. The molecule has 3 aliphatic rings. The van der Waals surface area contributed by atoms with Crippen molar-refractivity contribution in [3.8, 4) is 0 Å². The molecule has 0 aliphatic heterocycles. The molecular weight excluding hydrogens is 296 g/mol. The molecule has 3 aliphatic carbocycles. The van der Waals surface area contributed by atoms with E-state index in [2.05, 4.69) is 46.0 Å². The Balaban J connectivity index is 1.70. The summed E-state index contributed by atoms with van der Waals surface area (Å²) in [4.78, 5) is 14.7. The van der Waals surface area contributed by atoms with Crippen molar-refractivity contribution in [1.29, 1.82) is 0 Å². The number of carbonyl (C=O) groups excluding carboxylic acids is 1. The molecule has 1 N–H and O–H groups in total. The van der Waals surface area contributed by atoms with E-state index in [1.807, 2.05) is 29.2 Å². The highest BCUT2D eigenvalue weighted by atomic mass is 16.2. The van der Waals surface area contributed by atoms with Gasteiger partial charge in [-0.1, -0.05) is 43.2 Å². The first-order chi connectivity index (χ1) is 11.3. The van der Waals surface area contributed by atoms with E-state index in [0.717, 1.165) is 18.2 Å². The highest BCUT2D eigenvalue weighted by Crippen LogP contribution is 2.59. The summed E-state index contributed by atoms with van der Waals surface area (Å²) in [5, 5.41) is 3.05. The van der Waals surface area contributed by atoms with Crippen LogP contribution in [0, 0.1) is 24.2 Å². The van der Waals surface area contributed by atoms with Gasteiger partial charge in [0.25, 0.3) is 0 Å². The van der Waals surface area contributed by atoms with Gasteiger partial charge < -0.3 is 10.2 Å². The Hall–Kier alpha value is -1.77. The van der Waals surface area contributed by atoms with Gasteiger partial charge in [0, 0.05) is 18.3 Å². The molecule has 0 saturated heterocycles. The molecule has 0 radical (unpaired) electrons. The molecular formula is C21H30N2O. The highest BCUT2D eigenvalue weighted by molar-refractivity contribution is 5.89. The maximum absolute atomic E-state index is 12.8. The van der Waals surface area contributed by atoms with E-state index in [9.17, 15) is 4.79 Å². The van der Waals surface area contributed by atoms with E-state index >= 15 is 0 Å². The smallest absolute Gasteiger partial charge is 0.318 e. The molecule has 0 aromatic heterocycles. The van der Waals surface area contributed by atoms with Crippen LogP contribution in [-0.4, -0.2) is 23.5 Å². The van der Waals surface area contributed by atoms with E-state index < -0.39 is 0 Å². The maximum Gasteiger partial charge on any atom is 0.322 e. The number of nitrogens with one attached hydrogen (secondary N) is 1. The zero-order chi connectivity index (χ0) is 17.5. The predicted octanol–water partition coefficient (Wildman–Crippen LogP) is 5.23. The molecule has 1 aromatic carbocycles. The maximum atomic E-state index is 12.8. The number of rotatable bonds is 4. The third kappa shape index (κ3) is 3.09. The minimum Gasteiger partial charge on any atom is -0.318 e. The van der Waals surface area contributed by atoms with Gasteiger partial charge in [-0.3, -0.25) is 0 Å². The van der Waals surface area contributed by atoms with Crippen molar-refractivity contribution in [2.24, 2.45) is 17.3 Å². The summed E-state index contributed by atoms with van der Waals surface area (Å²) in [5.41, 5.74) is 3.91. The van der Waals surface area contributed by atoms with Crippen molar-refractivity contribution >= 4 is 11.7 Å². The Kier molecular flexibility index (Phi) is 4.46. The fourth-order valence-electron chi connectivity index (χ4n) is 4.17. The number of anilines is 1. The van der Waals surface area contributed by atoms with Gasteiger partial charge in [-0.25, -0.2) is 4.79 Å². The third-order valence-electron chi connectivity index (χ3n) is 6.12. The fraction of sp³-hybridized carbons (Fsp3) is 0.571. The average molecular weight is 326 g/mol. The van der Waals surface area contributed by atoms with Gasteiger partial charge in [0.2, 0.25) is 0 Å². The van der Waals surface area contributed by atoms with Gasteiger partial charge in [-0.2, -0.15) is 0 Å². The van der Waals surface area contributed by atoms with Crippen molar-refractivity contribution in [3.05, 3.63) is 41.5 Å². The zero-order valence-corrected chi connectivity index (χ0v) is 15.6. The molecule has 2 bridgehead atoms. The van der Waals surface area contributed by atoms with Crippen LogP contribution in [0.5, 0.6) is 0 Å². The van der Waals surface area contributed by atoms with Gasteiger partial charge in [-0.05, 0) is 63.0 Å². The number of allylic oxidation sites excluding steroid dienone is 1. The summed E-state index contributed by atoms with van der Waals surface area (Å²) < 4.78 is 0. The highest BCUT2D eigenvalue weighted by Gasteiger charge is 2.51. The first-order valence-electron chi connectivity index (χ1n) is 9.12. The molecule has 0 heterocycles. The number of aryl methyl sites for hydroxylation is 1. The van der Waals surface area contributed by atoms with Crippen LogP contribution in [0.1, 0.15) is 46.1 Å². The van der Waals surface area contributed by atoms with E-state index in [1.54, 1.807) is 0 Å². The topological polar surface area (TPSA) is 32.3 Å². The Morgan fingerprint density at radius 2 is 1.96 bits per heavy atom. The predicted molar refractivity (Wildman–Crippen MR) is 100 cm³/mol. The molecule has 2 unspecified atom stereocenters. The van der Waals surface area contributed by atoms with Crippen LogP contribution < -0.4 is 5.32 Å². The van der Waals surface area contributed by atoms with E-state index in [4.69, 9.17) is 0 Å². The second-order valence-corrected chi connectivity index (χ2v) is 8.34. The van der Waals surface area contributed by atoms with Gasteiger partial charge in [0.05, 0.1) is 0 Å². The SMILES string of the molecule is Cc1ccc(NC(=O)N(CC2=CCC3CC2C3(C)C)C(C)C)cc1. The third-order valence-corrected chi connectivity index (χ3v) is 6.12. The lowest BCUT2D eigenvalue weighted by molar-refractivity contribution is -0.0101. The van der Waals surface area contributed by atoms with Gasteiger partial charge >= 0.3 is 6.03 Å². The van der Waals surface area contributed by atoms with Crippen molar-refractivity contribution in [2.45, 2.75) is 53.5 Å². The minimum atomic E-state index is -0.00555. The quantitative estimate of drug-likeness (QED) is 0.755. The summed E-state index contributed by atoms with van der Waals surface area (Å²) in [6.45, 7) is 11.7. The van der Waals surface area contributed by atoms with Gasteiger partial charge in [0.1, 0.15) is 0 Å². The van der Waals surface area contributed by atoms with Crippen LogP contribution in [0.2, 0.25) is 0 Å². The second-order valence-electron chi connectivity index (χ2n) is 8.34. The molecule has 0 spiro atoms. The Bertz CT molecular complexity index is 642. The van der Waals surface area contributed by atoms with Gasteiger partial charge in [-0.15, -0.1) is 0 Å². The van der Waals surface area contributed by atoms with Crippen molar-refractivity contribution in [1.82, 2.24) is 4.90 Å². The fourth-order valence-corrected chi connectivity index (χ4v) is 4.17.